The Morgan fingerprint density at radius 1 is 1.17 bits per heavy atom. The fourth-order valence-electron chi connectivity index (χ4n) is 4.28. The van der Waals surface area contributed by atoms with Crippen LogP contribution in [0.5, 0.6) is 0 Å². The van der Waals surface area contributed by atoms with Crippen molar-refractivity contribution in [3.05, 3.63) is 82.7 Å². The van der Waals surface area contributed by atoms with E-state index < -0.39 is 0 Å². The van der Waals surface area contributed by atoms with Crippen LogP contribution >= 0.6 is 0 Å². The van der Waals surface area contributed by atoms with E-state index in [0.717, 1.165) is 12.1 Å². The number of fused-ring (bicyclic) bond motifs is 1. The number of aromatic nitrogens is 3. The zero-order chi connectivity index (χ0) is 24.4. The van der Waals surface area contributed by atoms with Gasteiger partial charge in [0.2, 0.25) is 0 Å². The lowest BCUT2D eigenvalue weighted by atomic mass is 10.1. The first-order valence-electron chi connectivity index (χ1n) is 11.4. The molecule has 1 aliphatic heterocycles. The average Bonchev–Trinajstić information content (AvgIpc) is 3.54. The third-order valence-electron chi connectivity index (χ3n) is 6.15. The molecule has 0 spiro atoms. The molecule has 2 aromatic carbocycles. The highest BCUT2D eigenvalue weighted by Gasteiger charge is 2.27. The molecule has 1 N–H and O–H groups in total. The minimum Gasteiger partial charge on any atom is -0.382 e. The molecule has 9 heteroatoms. The van der Waals surface area contributed by atoms with E-state index in [9.17, 15) is 14.0 Å². The summed E-state index contributed by atoms with van der Waals surface area (Å²) in [6.07, 6.45) is 4.16. The number of carbonyl (C=O) groups is 1. The van der Waals surface area contributed by atoms with E-state index in [2.05, 4.69) is 10.1 Å². The van der Waals surface area contributed by atoms with Gasteiger partial charge in [-0.15, -0.1) is 0 Å². The SMILES string of the molecule is COCCO[C@H]1CCN(C(=O)c2ccc(-n3cc(-c4cc5cc(F)ccc5[nH]c4=O)cn3)cc2)C1. The first-order valence-corrected chi connectivity index (χ1v) is 11.4. The molecule has 5 rings (SSSR count). The van der Waals surface area contributed by atoms with E-state index in [-0.39, 0.29) is 23.4 Å². The summed E-state index contributed by atoms with van der Waals surface area (Å²) in [5, 5.41) is 4.97. The van der Waals surface area contributed by atoms with E-state index >= 15 is 0 Å². The van der Waals surface area contributed by atoms with Crippen LogP contribution < -0.4 is 5.56 Å². The number of rotatable bonds is 7. The number of nitrogens with zero attached hydrogens (tertiary/aromatic N) is 3. The van der Waals surface area contributed by atoms with Gasteiger partial charge in [0, 0.05) is 48.4 Å². The van der Waals surface area contributed by atoms with Gasteiger partial charge in [-0.2, -0.15) is 5.10 Å². The number of nitrogens with one attached hydrogen (secondary N) is 1. The second-order valence-electron chi connectivity index (χ2n) is 8.49. The maximum absolute atomic E-state index is 13.6. The third kappa shape index (κ3) is 4.87. The smallest absolute Gasteiger partial charge is 0.256 e. The molecule has 35 heavy (non-hydrogen) atoms. The van der Waals surface area contributed by atoms with Crippen molar-refractivity contribution < 1.29 is 18.7 Å². The molecule has 1 atom stereocenters. The summed E-state index contributed by atoms with van der Waals surface area (Å²) in [6, 6.07) is 13.0. The second kappa shape index (κ2) is 9.81. The van der Waals surface area contributed by atoms with Gasteiger partial charge in [-0.25, -0.2) is 9.07 Å². The van der Waals surface area contributed by atoms with Crippen molar-refractivity contribution >= 4 is 16.8 Å². The molecule has 0 aliphatic carbocycles. The number of ether oxygens (including phenoxy) is 2. The first kappa shape index (κ1) is 22.9. The number of H-pyrrole nitrogens is 1. The number of hydrogen-bond donors (Lipinski definition) is 1. The van der Waals surface area contributed by atoms with Crippen molar-refractivity contribution in [1.29, 1.82) is 0 Å². The Kier molecular flexibility index (Phi) is 6.43. The minimum absolute atomic E-state index is 0.0330. The summed E-state index contributed by atoms with van der Waals surface area (Å²) in [5.41, 5.74) is 2.63. The summed E-state index contributed by atoms with van der Waals surface area (Å²) in [6.45, 7) is 2.28. The fourth-order valence-corrected chi connectivity index (χ4v) is 4.28. The normalized spacial score (nSPS) is 15.7. The number of hydrogen-bond acceptors (Lipinski definition) is 5. The second-order valence-corrected chi connectivity index (χ2v) is 8.49. The van der Waals surface area contributed by atoms with Crippen molar-refractivity contribution in [2.24, 2.45) is 0 Å². The Morgan fingerprint density at radius 2 is 2.00 bits per heavy atom. The maximum atomic E-state index is 13.6. The molecular formula is C26H25FN4O4. The standard InChI is InChI=1S/C26H25FN4O4/c1-34-10-11-35-22-8-9-30(16-22)26(33)17-2-5-21(6-3-17)31-15-19(14-28-31)23-13-18-12-20(27)4-7-24(18)29-25(23)32/h2-7,12-15,22H,8-11,16H2,1H3,(H,29,32)/t22-/m0/s1. The highest BCUT2D eigenvalue weighted by Crippen LogP contribution is 2.22. The van der Waals surface area contributed by atoms with Crippen LogP contribution in [-0.2, 0) is 9.47 Å². The molecule has 1 aliphatic rings. The molecule has 0 bridgehead atoms. The number of methoxy groups -OCH3 is 1. The van der Waals surface area contributed by atoms with Gasteiger partial charge < -0.3 is 19.4 Å². The third-order valence-corrected chi connectivity index (χ3v) is 6.15. The molecule has 180 valence electrons. The van der Waals surface area contributed by atoms with Crippen molar-refractivity contribution in [2.45, 2.75) is 12.5 Å². The number of amides is 1. The fraction of sp³-hybridized carbons (Fsp3) is 0.269. The summed E-state index contributed by atoms with van der Waals surface area (Å²) in [4.78, 5) is 30.0. The lowest BCUT2D eigenvalue weighted by Crippen LogP contribution is -2.30. The van der Waals surface area contributed by atoms with E-state index in [4.69, 9.17) is 9.47 Å². The van der Waals surface area contributed by atoms with Crippen molar-refractivity contribution in [3.63, 3.8) is 0 Å². The molecule has 0 unspecified atom stereocenters. The number of benzene rings is 2. The average molecular weight is 477 g/mol. The minimum atomic E-state index is -0.371. The molecule has 0 saturated carbocycles. The van der Waals surface area contributed by atoms with Crippen LogP contribution in [0.25, 0.3) is 27.7 Å². The van der Waals surface area contributed by atoms with Gasteiger partial charge in [0.1, 0.15) is 5.82 Å². The lowest BCUT2D eigenvalue weighted by molar-refractivity contribution is 0.0218. The maximum Gasteiger partial charge on any atom is 0.256 e. The molecule has 1 fully saturated rings. The van der Waals surface area contributed by atoms with Gasteiger partial charge >= 0.3 is 0 Å². The number of halogens is 1. The molecule has 1 saturated heterocycles. The van der Waals surface area contributed by atoms with Gasteiger partial charge in [-0.3, -0.25) is 9.59 Å². The summed E-state index contributed by atoms with van der Waals surface area (Å²) in [5.74, 6) is -0.408. The zero-order valence-electron chi connectivity index (χ0n) is 19.2. The Labute approximate surface area is 200 Å². The van der Waals surface area contributed by atoms with Crippen LogP contribution in [0.15, 0.2) is 65.7 Å². The van der Waals surface area contributed by atoms with Crippen LogP contribution in [0.3, 0.4) is 0 Å². The molecule has 3 heterocycles. The van der Waals surface area contributed by atoms with E-state index in [0.29, 0.717) is 53.9 Å². The van der Waals surface area contributed by atoms with Gasteiger partial charge in [-0.05, 0) is 55.0 Å². The van der Waals surface area contributed by atoms with Crippen molar-refractivity contribution in [2.75, 3.05) is 33.4 Å². The number of carbonyl (C=O) groups excluding carboxylic acids is 1. The van der Waals surface area contributed by atoms with Crippen LogP contribution in [0.4, 0.5) is 4.39 Å². The Bertz CT molecular complexity index is 1410. The first-order chi connectivity index (χ1) is 17.0. The predicted molar refractivity (Wildman–Crippen MR) is 129 cm³/mol. The van der Waals surface area contributed by atoms with Crippen LogP contribution in [-0.4, -0.2) is 65.1 Å². The molecule has 0 radical (unpaired) electrons. The van der Waals surface area contributed by atoms with Gasteiger partial charge in [-0.1, -0.05) is 0 Å². The summed E-state index contributed by atoms with van der Waals surface area (Å²) >= 11 is 0. The van der Waals surface area contributed by atoms with E-state index in [1.54, 1.807) is 53.4 Å². The largest absolute Gasteiger partial charge is 0.382 e. The number of aromatic amines is 1. The molecule has 4 aromatic rings. The zero-order valence-corrected chi connectivity index (χ0v) is 19.2. The summed E-state index contributed by atoms with van der Waals surface area (Å²) in [7, 11) is 1.63. The van der Waals surface area contributed by atoms with Crippen LogP contribution in [0.1, 0.15) is 16.8 Å². The molecule has 2 aromatic heterocycles. The van der Waals surface area contributed by atoms with Crippen LogP contribution in [0.2, 0.25) is 0 Å². The Morgan fingerprint density at radius 3 is 2.80 bits per heavy atom. The highest BCUT2D eigenvalue weighted by atomic mass is 19.1. The van der Waals surface area contributed by atoms with Gasteiger partial charge in [0.15, 0.2) is 0 Å². The predicted octanol–water partition coefficient (Wildman–Crippen LogP) is 3.40. The highest BCUT2D eigenvalue weighted by molar-refractivity contribution is 5.94. The monoisotopic (exact) mass is 476 g/mol. The quantitative estimate of drug-likeness (QED) is 0.413. The van der Waals surface area contributed by atoms with Gasteiger partial charge in [0.25, 0.3) is 11.5 Å². The van der Waals surface area contributed by atoms with Crippen molar-refractivity contribution in [1.82, 2.24) is 19.7 Å². The Hall–Kier alpha value is -3.82. The van der Waals surface area contributed by atoms with E-state index in [1.807, 2.05) is 12.1 Å². The lowest BCUT2D eigenvalue weighted by Gasteiger charge is -2.17. The van der Waals surface area contributed by atoms with Crippen LogP contribution in [0, 0.1) is 5.82 Å². The summed E-state index contributed by atoms with van der Waals surface area (Å²) < 4.78 is 26.0. The molecule has 8 nitrogen and oxygen atoms in total. The van der Waals surface area contributed by atoms with Gasteiger partial charge in [0.05, 0.1) is 36.8 Å². The van der Waals surface area contributed by atoms with E-state index in [1.165, 1.54) is 12.1 Å². The molecule has 1 amide bonds. The van der Waals surface area contributed by atoms with Crippen molar-refractivity contribution in [3.8, 4) is 16.8 Å². The molecular weight excluding hydrogens is 451 g/mol. The topological polar surface area (TPSA) is 89.5 Å². The Balaban J connectivity index is 1.30. The number of likely N-dealkylation sites (tertiary alicyclic amines) is 1. The number of pyridine rings is 1.